The predicted octanol–water partition coefficient (Wildman–Crippen LogP) is 2.13. The van der Waals surface area contributed by atoms with Crippen LogP contribution in [0.25, 0.3) is 0 Å². The molecule has 82 valence electrons. The summed E-state index contributed by atoms with van der Waals surface area (Å²) in [4.78, 5) is 11.4. The molecule has 0 spiro atoms. The SMILES string of the molecule is COC(=O)c1cc(OC)c(N)c(Br)c1C. The maximum Gasteiger partial charge on any atom is 0.338 e. The molecule has 0 radical (unpaired) electrons. The number of hydrogen-bond acceptors (Lipinski definition) is 4. The second kappa shape index (κ2) is 4.53. The molecule has 0 saturated carbocycles. The molecule has 2 N–H and O–H groups in total. The highest BCUT2D eigenvalue weighted by Gasteiger charge is 2.17. The van der Waals surface area contributed by atoms with Crippen molar-refractivity contribution in [2.45, 2.75) is 6.92 Å². The summed E-state index contributed by atoms with van der Waals surface area (Å²) in [5.74, 6) is 0.0411. The van der Waals surface area contributed by atoms with Crippen molar-refractivity contribution < 1.29 is 14.3 Å². The molecular formula is C10H12BrNO3. The Labute approximate surface area is 96.5 Å². The lowest BCUT2D eigenvalue weighted by atomic mass is 10.1. The molecule has 1 aromatic carbocycles. The number of halogens is 1. The number of esters is 1. The second-order valence-electron chi connectivity index (χ2n) is 2.97. The minimum Gasteiger partial charge on any atom is -0.495 e. The van der Waals surface area contributed by atoms with Crippen LogP contribution in [-0.2, 0) is 4.74 Å². The molecule has 0 aliphatic rings. The fourth-order valence-electron chi connectivity index (χ4n) is 1.24. The number of nitrogen functional groups attached to an aromatic ring is 1. The predicted molar refractivity (Wildman–Crippen MR) is 61.2 cm³/mol. The first-order valence-electron chi connectivity index (χ1n) is 4.23. The Bertz CT molecular complexity index is 404. The van der Waals surface area contributed by atoms with Crippen molar-refractivity contribution in [2.75, 3.05) is 20.0 Å². The number of anilines is 1. The second-order valence-corrected chi connectivity index (χ2v) is 3.76. The lowest BCUT2D eigenvalue weighted by molar-refractivity contribution is 0.0599. The van der Waals surface area contributed by atoms with Crippen LogP contribution in [0, 0.1) is 6.92 Å². The molecular weight excluding hydrogens is 262 g/mol. The van der Waals surface area contributed by atoms with Gasteiger partial charge < -0.3 is 15.2 Å². The van der Waals surface area contributed by atoms with Crippen LogP contribution < -0.4 is 10.5 Å². The van der Waals surface area contributed by atoms with Crippen molar-refractivity contribution >= 4 is 27.6 Å². The van der Waals surface area contributed by atoms with E-state index in [1.165, 1.54) is 14.2 Å². The van der Waals surface area contributed by atoms with Gasteiger partial charge in [-0.25, -0.2) is 4.79 Å². The van der Waals surface area contributed by atoms with Gasteiger partial charge >= 0.3 is 5.97 Å². The fraction of sp³-hybridized carbons (Fsp3) is 0.300. The summed E-state index contributed by atoms with van der Waals surface area (Å²) in [6.45, 7) is 1.78. The first-order chi connectivity index (χ1) is 7.02. The van der Waals surface area contributed by atoms with E-state index in [-0.39, 0.29) is 0 Å². The summed E-state index contributed by atoms with van der Waals surface area (Å²) in [7, 11) is 2.83. The van der Waals surface area contributed by atoms with Crippen LogP contribution in [-0.4, -0.2) is 20.2 Å². The van der Waals surface area contributed by atoms with Gasteiger partial charge in [-0.1, -0.05) is 0 Å². The van der Waals surface area contributed by atoms with Crippen LogP contribution in [0.5, 0.6) is 5.75 Å². The normalized spacial score (nSPS) is 9.87. The molecule has 0 bridgehead atoms. The van der Waals surface area contributed by atoms with Gasteiger partial charge in [0.1, 0.15) is 5.75 Å². The molecule has 15 heavy (non-hydrogen) atoms. The van der Waals surface area contributed by atoms with Crippen LogP contribution in [0.15, 0.2) is 10.5 Å². The van der Waals surface area contributed by atoms with Gasteiger partial charge in [0.25, 0.3) is 0 Å². The molecule has 4 nitrogen and oxygen atoms in total. The fourth-order valence-corrected chi connectivity index (χ4v) is 1.65. The van der Waals surface area contributed by atoms with Gasteiger partial charge in [-0.3, -0.25) is 0 Å². The summed E-state index contributed by atoms with van der Waals surface area (Å²) in [5, 5.41) is 0. The summed E-state index contributed by atoms with van der Waals surface area (Å²) >= 11 is 3.31. The Hall–Kier alpha value is -1.23. The molecule has 0 heterocycles. The Balaban J connectivity index is 3.41. The zero-order valence-corrected chi connectivity index (χ0v) is 10.3. The molecule has 5 heteroatoms. The van der Waals surface area contributed by atoms with E-state index in [2.05, 4.69) is 20.7 Å². The molecule has 0 aliphatic carbocycles. The highest BCUT2D eigenvalue weighted by atomic mass is 79.9. The molecule has 1 aromatic rings. The quantitative estimate of drug-likeness (QED) is 0.663. The van der Waals surface area contributed by atoms with Crippen molar-refractivity contribution in [1.29, 1.82) is 0 Å². The van der Waals surface area contributed by atoms with E-state index in [1.54, 1.807) is 13.0 Å². The zero-order valence-electron chi connectivity index (χ0n) is 8.76. The van der Waals surface area contributed by atoms with Crippen molar-refractivity contribution in [1.82, 2.24) is 0 Å². The number of ether oxygens (including phenoxy) is 2. The number of benzene rings is 1. The Kier molecular flexibility index (Phi) is 3.57. The van der Waals surface area contributed by atoms with Crippen molar-refractivity contribution in [3.8, 4) is 5.75 Å². The van der Waals surface area contributed by atoms with Gasteiger partial charge in [0, 0.05) is 4.47 Å². The summed E-state index contributed by atoms with van der Waals surface area (Å²) in [6, 6.07) is 1.57. The topological polar surface area (TPSA) is 61.5 Å². The minimum absolute atomic E-state index is 0.411. The molecule has 0 fully saturated rings. The van der Waals surface area contributed by atoms with Gasteiger partial charge in [-0.15, -0.1) is 0 Å². The van der Waals surface area contributed by atoms with E-state index in [0.29, 0.717) is 21.5 Å². The summed E-state index contributed by atoms with van der Waals surface area (Å²) in [5.41, 5.74) is 7.43. The number of methoxy groups -OCH3 is 2. The third-order valence-electron chi connectivity index (χ3n) is 2.14. The maximum absolute atomic E-state index is 11.4. The molecule has 0 aromatic heterocycles. The number of hydrogen-bond donors (Lipinski definition) is 1. The van der Waals surface area contributed by atoms with Crippen LogP contribution in [0.2, 0.25) is 0 Å². The maximum atomic E-state index is 11.4. The number of carbonyl (C=O) groups is 1. The van der Waals surface area contributed by atoms with Crippen molar-refractivity contribution in [3.63, 3.8) is 0 Å². The van der Waals surface area contributed by atoms with Gasteiger partial charge in [-0.05, 0) is 34.5 Å². The standard InChI is InChI=1S/C10H12BrNO3/c1-5-6(10(13)15-3)4-7(14-2)9(12)8(5)11/h4H,12H2,1-3H3. The van der Waals surface area contributed by atoms with Crippen molar-refractivity contribution in [3.05, 3.63) is 21.7 Å². The Morgan fingerprint density at radius 1 is 1.47 bits per heavy atom. The van der Waals surface area contributed by atoms with E-state index < -0.39 is 5.97 Å². The van der Waals surface area contributed by atoms with E-state index in [4.69, 9.17) is 10.5 Å². The molecule has 0 atom stereocenters. The Morgan fingerprint density at radius 3 is 2.53 bits per heavy atom. The smallest absolute Gasteiger partial charge is 0.338 e. The zero-order chi connectivity index (χ0) is 11.6. The highest BCUT2D eigenvalue weighted by molar-refractivity contribution is 9.10. The van der Waals surface area contributed by atoms with Crippen LogP contribution in [0.1, 0.15) is 15.9 Å². The number of nitrogens with two attached hydrogens (primary N) is 1. The molecule has 1 rings (SSSR count). The van der Waals surface area contributed by atoms with Gasteiger partial charge in [-0.2, -0.15) is 0 Å². The van der Waals surface area contributed by atoms with E-state index in [0.717, 1.165) is 5.56 Å². The van der Waals surface area contributed by atoms with Gasteiger partial charge in [0.2, 0.25) is 0 Å². The summed E-state index contributed by atoms with van der Waals surface area (Å²) < 4.78 is 10.4. The average Bonchev–Trinajstić information content (AvgIpc) is 2.25. The largest absolute Gasteiger partial charge is 0.495 e. The minimum atomic E-state index is -0.411. The lowest BCUT2D eigenvalue weighted by Gasteiger charge is -2.12. The number of rotatable bonds is 2. The molecule has 0 aliphatic heterocycles. The van der Waals surface area contributed by atoms with Crippen molar-refractivity contribution in [2.24, 2.45) is 0 Å². The monoisotopic (exact) mass is 273 g/mol. The van der Waals surface area contributed by atoms with Gasteiger partial charge in [0.05, 0.1) is 25.5 Å². The van der Waals surface area contributed by atoms with Crippen LogP contribution in [0.4, 0.5) is 5.69 Å². The molecule has 0 unspecified atom stereocenters. The van der Waals surface area contributed by atoms with E-state index in [9.17, 15) is 4.79 Å². The van der Waals surface area contributed by atoms with Crippen LogP contribution >= 0.6 is 15.9 Å². The average molecular weight is 274 g/mol. The van der Waals surface area contributed by atoms with E-state index >= 15 is 0 Å². The third-order valence-corrected chi connectivity index (χ3v) is 3.16. The van der Waals surface area contributed by atoms with Gasteiger partial charge in [0.15, 0.2) is 0 Å². The first-order valence-corrected chi connectivity index (χ1v) is 5.03. The lowest BCUT2D eigenvalue weighted by Crippen LogP contribution is -2.07. The van der Waals surface area contributed by atoms with E-state index in [1.807, 2.05) is 0 Å². The first kappa shape index (κ1) is 11.8. The molecule has 0 saturated heterocycles. The highest BCUT2D eigenvalue weighted by Crippen LogP contribution is 2.35. The van der Waals surface area contributed by atoms with Crippen LogP contribution in [0.3, 0.4) is 0 Å². The third kappa shape index (κ3) is 2.07. The molecule has 0 amide bonds. The number of carbonyl (C=O) groups excluding carboxylic acids is 1. The Morgan fingerprint density at radius 2 is 2.07 bits per heavy atom. The summed E-state index contributed by atoms with van der Waals surface area (Å²) in [6.07, 6.45) is 0.